The number of imidazole rings is 1. The van der Waals surface area contributed by atoms with Gasteiger partial charge in [0.1, 0.15) is 11.0 Å². The maximum absolute atomic E-state index is 12.1. The molecule has 0 aliphatic heterocycles. The summed E-state index contributed by atoms with van der Waals surface area (Å²) in [5.41, 5.74) is 6.86. The highest BCUT2D eigenvalue weighted by Crippen LogP contribution is 2.33. The fourth-order valence-electron chi connectivity index (χ4n) is 3.82. The first-order chi connectivity index (χ1) is 17.1. The summed E-state index contributed by atoms with van der Waals surface area (Å²) in [5, 5.41) is 12.5. The van der Waals surface area contributed by atoms with E-state index in [1.807, 2.05) is 49.7 Å². The number of rotatable bonds is 5. The van der Waals surface area contributed by atoms with Gasteiger partial charge in [-0.3, -0.25) is 19.9 Å². The van der Waals surface area contributed by atoms with Crippen LogP contribution < -0.4 is 5.32 Å². The van der Waals surface area contributed by atoms with Gasteiger partial charge in [-0.25, -0.2) is 9.97 Å². The lowest BCUT2D eigenvalue weighted by atomic mass is 10.1. The number of aromatic nitrogens is 7. The van der Waals surface area contributed by atoms with E-state index < -0.39 is 0 Å². The molecule has 10 heteroatoms. The second-order valence-electron chi connectivity index (χ2n) is 8.42. The predicted octanol–water partition coefficient (Wildman–Crippen LogP) is 5.28. The first-order valence-electron chi connectivity index (χ1n) is 11.1. The highest BCUT2D eigenvalue weighted by Gasteiger charge is 2.17. The van der Waals surface area contributed by atoms with E-state index in [4.69, 9.17) is 9.97 Å². The molecule has 0 atom stereocenters. The van der Waals surface area contributed by atoms with Crippen molar-refractivity contribution in [3.05, 3.63) is 60.5 Å². The second kappa shape index (κ2) is 8.41. The SMILES string of the molecule is CC(C)C(=O)Nc1cncc(-c2ccc3[nH]nc(-c4nc5c(-c6cccs6)cncc5[nH]4)c3n2)c1. The van der Waals surface area contributed by atoms with Gasteiger partial charge in [-0.2, -0.15) is 5.10 Å². The van der Waals surface area contributed by atoms with Crippen molar-refractivity contribution in [2.45, 2.75) is 13.8 Å². The van der Waals surface area contributed by atoms with Gasteiger partial charge in [-0.15, -0.1) is 11.3 Å². The van der Waals surface area contributed by atoms with Crippen LogP contribution in [0.15, 0.2) is 60.5 Å². The van der Waals surface area contributed by atoms with Crippen LogP contribution in [-0.4, -0.2) is 41.0 Å². The van der Waals surface area contributed by atoms with Crippen LogP contribution >= 0.6 is 11.3 Å². The molecule has 0 fully saturated rings. The number of amides is 1. The van der Waals surface area contributed by atoms with Crippen LogP contribution in [0.5, 0.6) is 0 Å². The summed E-state index contributed by atoms with van der Waals surface area (Å²) in [5.74, 6) is 0.421. The van der Waals surface area contributed by atoms with Gasteiger partial charge in [-0.1, -0.05) is 19.9 Å². The number of H-pyrrole nitrogens is 2. The van der Waals surface area contributed by atoms with Gasteiger partial charge in [0.15, 0.2) is 11.5 Å². The summed E-state index contributed by atoms with van der Waals surface area (Å²) >= 11 is 1.65. The summed E-state index contributed by atoms with van der Waals surface area (Å²) in [7, 11) is 0. The summed E-state index contributed by atoms with van der Waals surface area (Å²) < 4.78 is 0. The molecule has 0 aliphatic rings. The molecule has 172 valence electrons. The molecule has 0 aromatic carbocycles. The molecule has 6 aromatic rings. The Bertz CT molecular complexity index is 1680. The van der Waals surface area contributed by atoms with E-state index in [1.165, 1.54) is 0 Å². The summed E-state index contributed by atoms with van der Waals surface area (Å²) in [6, 6.07) is 9.75. The Morgan fingerprint density at radius 1 is 1.00 bits per heavy atom. The lowest BCUT2D eigenvalue weighted by Gasteiger charge is -2.08. The normalized spacial score (nSPS) is 11.5. The molecule has 6 heterocycles. The van der Waals surface area contributed by atoms with Crippen LogP contribution in [0.1, 0.15) is 13.8 Å². The van der Waals surface area contributed by atoms with E-state index >= 15 is 0 Å². The van der Waals surface area contributed by atoms with Crippen molar-refractivity contribution < 1.29 is 4.79 Å². The van der Waals surface area contributed by atoms with Crippen molar-refractivity contribution in [1.82, 2.24) is 35.1 Å². The molecule has 0 spiro atoms. The van der Waals surface area contributed by atoms with Gasteiger partial charge in [0.25, 0.3) is 0 Å². The van der Waals surface area contributed by atoms with E-state index in [2.05, 4.69) is 36.5 Å². The molecule has 3 N–H and O–H groups in total. The molecule has 1 amide bonds. The Balaban J connectivity index is 1.41. The zero-order valence-corrected chi connectivity index (χ0v) is 19.7. The minimum Gasteiger partial charge on any atom is -0.335 e. The number of carbonyl (C=O) groups is 1. The third-order valence-corrected chi connectivity index (χ3v) is 6.54. The Morgan fingerprint density at radius 3 is 2.71 bits per heavy atom. The van der Waals surface area contributed by atoms with E-state index in [0.29, 0.717) is 28.4 Å². The van der Waals surface area contributed by atoms with Gasteiger partial charge in [-0.05, 0) is 29.6 Å². The van der Waals surface area contributed by atoms with E-state index in [1.54, 1.807) is 29.9 Å². The average molecular weight is 481 g/mol. The molecule has 6 aromatic heterocycles. The topological polar surface area (TPSA) is 125 Å². The number of carbonyl (C=O) groups excluding carboxylic acids is 1. The van der Waals surface area contributed by atoms with Gasteiger partial charge in [0.05, 0.1) is 34.8 Å². The summed E-state index contributed by atoms with van der Waals surface area (Å²) in [6.07, 6.45) is 6.94. The number of hydrogen-bond acceptors (Lipinski definition) is 7. The molecule has 0 unspecified atom stereocenters. The molecule has 0 bridgehead atoms. The van der Waals surface area contributed by atoms with Crippen LogP contribution in [0.2, 0.25) is 0 Å². The van der Waals surface area contributed by atoms with Crippen LogP contribution in [0.3, 0.4) is 0 Å². The lowest BCUT2D eigenvalue weighted by molar-refractivity contribution is -0.118. The fourth-order valence-corrected chi connectivity index (χ4v) is 4.55. The highest BCUT2D eigenvalue weighted by molar-refractivity contribution is 7.13. The van der Waals surface area contributed by atoms with E-state index in [-0.39, 0.29) is 11.8 Å². The molecule has 0 radical (unpaired) electrons. The maximum Gasteiger partial charge on any atom is 0.226 e. The van der Waals surface area contributed by atoms with Gasteiger partial charge >= 0.3 is 0 Å². The van der Waals surface area contributed by atoms with Crippen molar-refractivity contribution in [3.8, 4) is 33.2 Å². The molecular formula is C25H20N8OS. The Labute approximate surface area is 203 Å². The first-order valence-corrected chi connectivity index (χ1v) is 11.9. The minimum atomic E-state index is -0.124. The van der Waals surface area contributed by atoms with Crippen molar-refractivity contribution in [2.75, 3.05) is 5.32 Å². The molecule has 6 rings (SSSR count). The monoisotopic (exact) mass is 480 g/mol. The molecular weight excluding hydrogens is 460 g/mol. The molecule has 35 heavy (non-hydrogen) atoms. The molecule has 0 aliphatic carbocycles. The predicted molar refractivity (Wildman–Crippen MR) is 137 cm³/mol. The van der Waals surface area contributed by atoms with Crippen molar-refractivity contribution in [1.29, 1.82) is 0 Å². The quantitative estimate of drug-likeness (QED) is 0.308. The van der Waals surface area contributed by atoms with Crippen LogP contribution in [0.4, 0.5) is 5.69 Å². The minimum absolute atomic E-state index is 0.0641. The number of nitrogens with zero attached hydrogens (tertiary/aromatic N) is 5. The third kappa shape index (κ3) is 3.83. The second-order valence-corrected chi connectivity index (χ2v) is 9.36. The zero-order valence-electron chi connectivity index (χ0n) is 18.9. The number of pyridine rings is 3. The Kier molecular flexibility index (Phi) is 5.07. The first kappa shape index (κ1) is 21.1. The van der Waals surface area contributed by atoms with Gasteiger partial charge in [0.2, 0.25) is 5.91 Å². The smallest absolute Gasteiger partial charge is 0.226 e. The third-order valence-electron chi connectivity index (χ3n) is 5.64. The average Bonchev–Trinajstić information content (AvgIpc) is 3.62. The van der Waals surface area contributed by atoms with E-state index in [9.17, 15) is 4.79 Å². The van der Waals surface area contributed by atoms with Crippen molar-refractivity contribution in [3.63, 3.8) is 0 Å². The van der Waals surface area contributed by atoms with Crippen LogP contribution in [0, 0.1) is 5.92 Å². The van der Waals surface area contributed by atoms with Crippen molar-refractivity contribution in [2.24, 2.45) is 5.92 Å². The number of thiophene rings is 1. The number of nitrogens with one attached hydrogen (secondary N) is 3. The summed E-state index contributed by atoms with van der Waals surface area (Å²) in [4.78, 5) is 34.9. The largest absolute Gasteiger partial charge is 0.335 e. The number of fused-ring (bicyclic) bond motifs is 2. The number of anilines is 1. The Hall–Kier alpha value is -4.44. The standard InChI is InChI=1S/C25H20N8OS/c1-13(2)25(34)28-15-8-14(9-26-10-15)17-5-6-18-22(29-17)23(33-32-18)24-30-19-12-27-11-16(21(19)31-24)20-4-3-7-35-20/h3-13H,1-2H3,(H,28,34)(H,30,31)(H,32,33). The molecule has 0 saturated carbocycles. The van der Waals surface area contributed by atoms with E-state index in [0.717, 1.165) is 32.6 Å². The highest BCUT2D eigenvalue weighted by atomic mass is 32.1. The van der Waals surface area contributed by atoms with Gasteiger partial charge in [0, 0.05) is 34.3 Å². The van der Waals surface area contributed by atoms with Crippen LogP contribution in [-0.2, 0) is 4.79 Å². The van der Waals surface area contributed by atoms with Crippen molar-refractivity contribution >= 4 is 45.0 Å². The number of hydrogen-bond donors (Lipinski definition) is 3. The number of aromatic amines is 2. The summed E-state index contributed by atoms with van der Waals surface area (Å²) in [6.45, 7) is 3.69. The fraction of sp³-hybridized carbons (Fsp3) is 0.120. The zero-order chi connectivity index (χ0) is 23.9. The Morgan fingerprint density at radius 2 is 1.89 bits per heavy atom. The molecule has 0 saturated heterocycles. The maximum atomic E-state index is 12.1. The van der Waals surface area contributed by atoms with Crippen LogP contribution in [0.25, 0.3) is 55.3 Å². The lowest BCUT2D eigenvalue weighted by Crippen LogP contribution is -2.17. The molecule has 9 nitrogen and oxygen atoms in total. The van der Waals surface area contributed by atoms with Gasteiger partial charge < -0.3 is 10.3 Å².